The van der Waals surface area contributed by atoms with Crippen LogP contribution in [0.15, 0.2) is 24.3 Å². The van der Waals surface area contributed by atoms with Crippen LogP contribution >= 0.6 is 0 Å². The third-order valence-electron chi connectivity index (χ3n) is 3.75. The number of hydrogen-bond donors (Lipinski definition) is 3. The molecule has 5 nitrogen and oxygen atoms in total. The summed E-state index contributed by atoms with van der Waals surface area (Å²) in [5.41, 5.74) is 7.14. The van der Waals surface area contributed by atoms with Gasteiger partial charge in [-0.25, -0.2) is 0 Å². The molecule has 0 radical (unpaired) electrons. The summed E-state index contributed by atoms with van der Waals surface area (Å²) < 4.78 is 0. The van der Waals surface area contributed by atoms with Gasteiger partial charge in [0.2, 0.25) is 5.91 Å². The van der Waals surface area contributed by atoms with E-state index in [-0.39, 0.29) is 17.7 Å². The number of amides is 2. The highest BCUT2D eigenvalue weighted by Gasteiger charge is 2.12. The molecular formula is C17H27N3O2. The fraction of sp³-hybridized carbons (Fsp3) is 0.529. The summed E-state index contributed by atoms with van der Waals surface area (Å²) >= 11 is 0. The largest absolute Gasteiger partial charge is 0.356 e. The fourth-order valence-electron chi connectivity index (χ4n) is 2.20. The molecule has 0 saturated heterocycles. The summed E-state index contributed by atoms with van der Waals surface area (Å²) in [5.74, 6) is 0.0965. The van der Waals surface area contributed by atoms with Gasteiger partial charge in [0, 0.05) is 31.1 Å². The molecule has 0 saturated carbocycles. The molecule has 0 spiro atoms. The molecule has 0 aliphatic heterocycles. The Kier molecular flexibility index (Phi) is 8.22. The van der Waals surface area contributed by atoms with Crippen molar-refractivity contribution in [1.29, 1.82) is 0 Å². The molecule has 2 amide bonds. The molecule has 0 heterocycles. The molecular weight excluding hydrogens is 278 g/mol. The van der Waals surface area contributed by atoms with Crippen molar-refractivity contribution in [2.45, 2.75) is 39.7 Å². The first kappa shape index (κ1) is 18.2. The molecule has 122 valence electrons. The van der Waals surface area contributed by atoms with Crippen molar-refractivity contribution in [3.63, 3.8) is 0 Å². The number of carbonyl (C=O) groups is 2. The Hall–Kier alpha value is -1.88. The average Bonchev–Trinajstić information content (AvgIpc) is 2.55. The minimum Gasteiger partial charge on any atom is -0.356 e. The van der Waals surface area contributed by atoms with Crippen molar-refractivity contribution in [1.82, 2.24) is 10.6 Å². The molecule has 4 N–H and O–H groups in total. The first-order chi connectivity index (χ1) is 10.6. The van der Waals surface area contributed by atoms with Crippen molar-refractivity contribution in [3.05, 3.63) is 35.4 Å². The quantitative estimate of drug-likeness (QED) is 0.608. The molecule has 0 bridgehead atoms. The molecule has 22 heavy (non-hydrogen) atoms. The number of benzene rings is 1. The molecule has 5 heteroatoms. The van der Waals surface area contributed by atoms with Gasteiger partial charge in [-0.05, 0) is 37.0 Å². The zero-order valence-electron chi connectivity index (χ0n) is 13.5. The Morgan fingerprint density at radius 2 is 1.64 bits per heavy atom. The SMILES string of the molecule is CCC(CC)C(=O)NCCCNC(=O)c1ccc(CN)cc1. The lowest BCUT2D eigenvalue weighted by atomic mass is 10.0. The van der Waals surface area contributed by atoms with E-state index in [2.05, 4.69) is 10.6 Å². The van der Waals surface area contributed by atoms with E-state index in [1.54, 1.807) is 12.1 Å². The maximum absolute atomic E-state index is 11.9. The lowest BCUT2D eigenvalue weighted by Gasteiger charge is -2.12. The van der Waals surface area contributed by atoms with Gasteiger partial charge in [-0.3, -0.25) is 9.59 Å². The first-order valence-corrected chi connectivity index (χ1v) is 7.97. The molecule has 0 fully saturated rings. The second-order valence-electron chi connectivity index (χ2n) is 5.31. The third kappa shape index (κ3) is 5.85. The van der Waals surface area contributed by atoms with E-state index in [1.807, 2.05) is 26.0 Å². The minimum atomic E-state index is -0.102. The Balaban J connectivity index is 2.23. The summed E-state index contributed by atoms with van der Waals surface area (Å²) in [6, 6.07) is 7.24. The van der Waals surface area contributed by atoms with Crippen LogP contribution in [-0.4, -0.2) is 24.9 Å². The maximum Gasteiger partial charge on any atom is 0.251 e. The van der Waals surface area contributed by atoms with Crippen LogP contribution in [0.2, 0.25) is 0 Å². The second-order valence-corrected chi connectivity index (χ2v) is 5.31. The van der Waals surface area contributed by atoms with E-state index in [0.717, 1.165) is 24.8 Å². The zero-order valence-corrected chi connectivity index (χ0v) is 13.5. The summed E-state index contributed by atoms with van der Waals surface area (Å²) in [6.07, 6.45) is 2.44. The molecule has 0 atom stereocenters. The van der Waals surface area contributed by atoms with Gasteiger partial charge in [0.05, 0.1) is 0 Å². The van der Waals surface area contributed by atoms with Gasteiger partial charge in [0.25, 0.3) is 5.91 Å². The highest BCUT2D eigenvalue weighted by Crippen LogP contribution is 2.06. The van der Waals surface area contributed by atoms with Crippen LogP contribution in [0.25, 0.3) is 0 Å². The van der Waals surface area contributed by atoms with Gasteiger partial charge in [0.1, 0.15) is 0 Å². The Labute approximate surface area is 132 Å². The first-order valence-electron chi connectivity index (χ1n) is 7.97. The lowest BCUT2D eigenvalue weighted by Crippen LogP contribution is -2.33. The number of rotatable bonds is 9. The molecule has 0 aromatic heterocycles. The fourth-order valence-corrected chi connectivity index (χ4v) is 2.20. The van der Waals surface area contributed by atoms with E-state index in [0.29, 0.717) is 25.2 Å². The minimum absolute atomic E-state index is 0.0932. The van der Waals surface area contributed by atoms with Crippen LogP contribution in [0.4, 0.5) is 0 Å². The smallest absolute Gasteiger partial charge is 0.251 e. The number of carbonyl (C=O) groups excluding carboxylic acids is 2. The predicted molar refractivity (Wildman–Crippen MR) is 88.4 cm³/mol. The standard InChI is InChI=1S/C17H27N3O2/c1-3-14(4-2)16(21)19-10-5-11-20-17(22)15-8-6-13(12-18)7-9-15/h6-9,14H,3-5,10-12,18H2,1-2H3,(H,19,21)(H,20,22). The number of hydrogen-bond acceptors (Lipinski definition) is 3. The number of nitrogens with one attached hydrogen (secondary N) is 2. The van der Waals surface area contributed by atoms with Crippen LogP contribution in [0, 0.1) is 5.92 Å². The van der Waals surface area contributed by atoms with E-state index >= 15 is 0 Å². The van der Waals surface area contributed by atoms with Crippen LogP contribution in [0.5, 0.6) is 0 Å². The van der Waals surface area contributed by atoms with E-state index in [4.69, 9.17) is 5.73 Å². The summed E-state index contributed by atoms with van der Waals surface area (Å²) in [4.78, 5) is 23.7. The molecule has 0 unspecified atom stereocenters. The highest BCUT2D eigenvalue weighted by atomic mass is 16.2. The topological polar surface area (TPSA) is 84.2 Å². The van der Waals surface area contributed by atoms with E-state index in [1.165, 1.54) is 0 Å². The molecule has 1 aromatic carbocycles. The van der Waals surface area contributed by atoms with Crippen LogP contribution in [-0.2, 0) is 11.3 Å². The summed E-state index contributed by atoms with van der Waals surface area (Å²) in [6.45, 7) is 5.63. The second kappa shape index (κ2) is 9.95. The van der Waals surface area contributed by atoms with E-state index in [9.17, 15) is 9.59 Å². The average molecular weight is 305 g/mol. The van der Waals surface area contributed by atoms with E-state index < -0.39 is 0 Å². The highest BCUT2D eigenvalue weighted by molar-refractivity contribution is 5.94. The van der Waals surface area contributed by atoms with Crippen molar-refractivity contribution < 1.29 is 9.59 Å². The monoisotopic (exact) mass is 305 g/mol. The molecule has 1 rings (SSSR count). The predicted octanol–water partition coefficient (Wildman–Crippen LogP) is 1.82. The van der Waals surface area contributed by atoms with Crippen molar-refractivity contribution in [3.8, 4) is 0 Å². The Morgan fingerprint density at radius 1 is 1.05 bits per heavy atom. The zero-order chi connectivity index (χ0) is 16.4. The van der Waals surface area contributed by atoms with Gasteiger partial charge in [-0.15, -0.1) is 0 Å². The molecule has 1 aromatic rings. The van der Waals surface area contributed by atoms with Gasteiger partial charge in [0.15, 0.2) is 0 Å². The summed E-state index contributed by atoms with van der Waals surface area (Å²) in [5, 5.41) is 5.75. The third-order valence-corrected chi connectivity index (χ3v) is 3.75. The van der Waals surface area contributed by atoms with Crippen molar-refractivity contribution >= 4 is 11.8 Å². The van der Waals surface area contributed by atoms with Crippen LogP contribution in [0.1, 0.15) is 49.0 Å². The maximum atomic E-state index is 11.9. The van der Waals surface area contributed by atoms with Crippen molar-refractivity contribution in [2.24, 2.45) is 11.7 Å². The van der Waals surface area contributed by atoms with Crippen LogP contribution in [0.3, 0.4) is 0 Å². The van der Waals surface area contributed by atoms with Gasteiger partial charge >= 0.3 is 0 Å². The normalized spacial score (nSPS) is 10.5. The Bertz CT molecular complexity index is 467. The summed E-state index contributed by atoms with van der Waals surface area (Å²) in [7, 11) is 0. The van der Waals surface area contributed by atoms with Gasteiger partial charge < -0.3 is 16.4 Å². The molecule has 0 aliphatic rings. The van der Waals surface area contributed by atoms with Crippen LogP contribution < -0.4 is 16.4 Å². The van der Waals surface area contributed by atoms with Gasteiger partial charge in [-0.2, -0.15) is 0 Å². The molecule has 0 aliphatic carbocycles. The van der Waals surface area contributed by atoms with Crippen molar-refractivity contribution in [2.75, 3.05) is 13.1 Å². The number of nitrogens with two attached hydrogens (primary N) is 1. The van der Waals surface area contributed by atoms with Gasteiger partial charge in [-0.1, -0.05) is 26.0 Å². The lowest BCUT2D eigenvalue weighted by molar-refractivity contribution is -0.125. The Morgan fingerprint density at radius 3 is 2.18 bits per heavy atom.